The van der Waals surface area contributed by atoms with Crippen LogP contribution >= 0.6 is 37.9 Å². The van der Waals surface area contributed by atoms with Gasteiger partial charge in [-0.1, -0.05) is 39.0 Å². The number of thiol groups is 3. The first kappa shape index (κ1) is 22.0. The molecule has 4 nitrogen and oxygen atoms in total. The molecule has 0 saturated carbocycles. The van der Waals surface area contributed by atoms with Crippen molar-refractivity contribution in [3.63, 3.8) is 0 Å². The van der Waals surface area contributed by atoms with Crippen molar-refractivity contribution < 1.29 is 9.59 Å². The summed E-state index contributed by atoms with van der Waals surface area (Å²) in [6.45, 7) is 2.84. The molecule has 2 atom stereocenters. The van der Waals surface area contributed by atoms with Crippen LogP contribution < -0.4 is 10.6 Å². The van der Waals surface area contributed by atoms with Crippen molar-refractivity contribution in [2.45, 2.75) is 63.2 Å². The normalized spacial score (nSPS) is 13.5. The molecule has 0 aromatic rings. The summed E-state index contributed by atoms with van der Waals surface area (Å²) in [6.07, 6.45) is 7.64. The summed E-state index contributed by atoms with van der Waals surface area (Å²) in [7, 11) is 0. The average molecular weight is 367 g/mol. The van der Waals surface area contributed by atoms with E-state index in [1.807, 2.05) is 0 Å². The predicted octanol–water partition coefficient (Wildman–Crippen LogP) is 2.50. The van der Waals surface area contributed by atoms with Crippen molar-refractivity contribution in [3.8, 4) is 0 Å². The molecule has 0 aromatic heterocycles. The van der Waals surface area contributed by atoms with Crippen LogP contribution in [0.1, 0.15) is 51.9 Å². The molecule has 0 rings (SSSR count). The van der Waals surface area contributed by atoms with E-state index in [0.29, 0.717) is 18.7 Å². The van der Waals surface area contributed by atoms with Gasteiger partial charge in [0.05, 0.1) is 5.25 Å². The van der Waals surface area contributed by atoms with Gasteiger partial charge < -0.3 is 10.6 Å². The Bertz CT molecular complexity index is 317. The largest absolute Gasteiger partial charge is 0.354 e. The predicted molar refractivity (Wildman–Crippen MR) is 103 cm³/mol. The first-order valence-electron chi connectivity index (χ1n) is 8.04. The minimum absolute atomic E-state index is 0.177. The standard InChI is InChI=1S/C15H30N2O2S3/c1-2-3-4-5-6-7-9-16-14(18)12(11-21)17-15(19)13(22)8-10-20/h12-13,20-22H,2-11H2,1H3,(H,16,18)(H,17,19). The van der Waals surface area contributed by atoms with E-state index >= 15 is 0 Å². The fourth-order valence-electron chi connectivity index (χ4n) is 1.96. The Balaban J connectivity index is 3.92. The molecule has 130 valence electrons. The highest BCUT2D eigenvalue weighted by atomic mass is 32.1. The number of carbonyl (C=O) groups is 2. The number of amides is 2. The topological polar surface area (TPSA) is 58.2 Å². The van der Waals surface area contributed by atoms with Crippen LogP contribution in [-0.4, -0.2) is 41.2 Å². The Labute approximate surface area is 151 Å². The van der Waals surface area contributed by atoms with Crippen molar-refractivity contribution >= 4 is 49.7 Å². The third-order valence-corrected chi connectivity index (χ3v) is 4.47. The first-order chi connectivity index (χ1) is 10.6. The second kappa shape index (κ2) is 14.6. The van der Waals surface area contributed by atoms with Gasteiger partial charge in [-0.2, -0.15) is 37.9 Å². The third-order valence-electron chi connectivity index (χ3n) is 3.35. The molecule has 0 heterocycles. The van der Waals surface area contributed by atoms with E-state index in [-0.39, 0.29) is 17.6 Å². The molecule has 0 aliphatic heterocycles. The smallest absolute Gasteiger partial charge is 0.243 e. The van der Waals surface area contributed by atoms with Gasteiger partial charge in [0.15, 0.2) is 0 Å². The van der Waals surface area contributed by atoms with E-state index in [0.717, 1.165) is 12.8 Å². The molecule has 0 spiro atoms. The maximum absolute atomic E-state index is 12.0. The van der Waals surface area contributed by atoms with Gasteiger partial charge in [0.25, 0.3) is 0 Å². The molecule has 0 aliphatic rings. The van der Waals surface area contributed by atoms with Gasteiger partial charge in [-0.25, -0.2) is 0 Å². The molecule has 0 radical (unpaired) electrons. The van der Waals surface area contributed by atoms with Crippen LogP contribution in [0.2, 0.25) is 0 Å². The molecule has 0 aliphatic carbocycles. The highest BCUT2D eigenvalue weighted by molar-refractivity contribution is 7.82. The van der Waals surface area contributed by atoms with Crippen LogP contribution in [0.25, 0.3) is 0 Å². The summed E-state index contributed by atoms with van der Waals surface area (Å²) in [4.78, 5) is 23.9. The molecular weight excluding hydrogens is 336 g/mol. The Kier molecular flexibility index (Phi) is 14.6. The van der Waals surface area contributed by atoms with Crippen LogP contribution in [0, 0.1) is 0 Å². The highest BCUT2D eigenvalue weighted by Gasteiger charge is 2.22. The van der Waals surface area contributed by atoms with Crippen molar-refractivity contribution in [2.75, 3.05) is 18.1 Å². The summed E-state index contributed by atoms with van der Waals surface area (Å²) in [5.74, 6) is 0.432. The first-order valence-corrected chi connectivity index (χ1v) is 9.82. The van der Waals surface area contributed by atoms with Crippen molar-refractivity contribution in [1.29, 1.82) is 0 Å². The molecule has 2 amide bonds. The molecule has 2 unspecified atom stereocenters. The zero-order chi connectivity index (χ0) is 16.8. The van der Waals surface area contributed by atoms with Gasteiger partial charge in [-0.05, 0) is 18.6 Å². The van der Waals surface area contributed by atoms with E-state index < -0.39 is 11.3 Å². The van der Waals surface area contributed by atoms with Gasteiger partial charge >= 0.3 is 0 Å². The lowest BCUT2D eigenvalue weighted by atomic mass is 10.1. The van der Waals surface area contributed by atoms with E-state index in [2.05, 4.69) is 55.4 Å². The Morgan fingerprint density at radius 2 is 1.64 bits per heavy atom. The number of hydrogen-bond acceptors (Lipinski definition) is 5. The fraction of sp³-hybridized carbons (Fsp3) is 0.867. The average Bonchev–Trinajstić information content (AvgIpc) is 2.51. The SMILES string of the molecule is CCCCCCCCNC(=O)C(CS)NC(=O)C(S)CCS. The monoisotopic (exact) mass is 366 g/mol. The zero-order valence-electron chi connectivity index (χ0n) is 13.4. The number of unbranched alkanes of at least 4 members (excludes halogenated alkanes) is 5. The second-order valence-electron chi connectivity index (χ2n) is 5.33. The molecule has 0 aromatic carbocycles. The van der Waals surface area contributed by atoms with Crippen molar-refractivity contribution in [2.24, 2.45) is 0 Å². The van der Waals surface area contributed by atoms with Crippen LogP contribution in [0.5, 0.6) is 0 Å². The number of rotatable bonds is 13. The van der Waals surface area contributed by atoms with Gasteiger partial charge in [0, 0.05) is 12.3 Å². The Hall–Kier alpha value is -0.0100. The van der Waals surface area contributed by atoms with E-state index in [9.17, 15) is 9.59 Å². The van der Waals surface area contributed by atoms with Gasteiger partial charge in [-0.15, -0.1) is 0 Å². The maximum atomic E-state index is 12.0. The van der Waals surface area contributed by atoms with Crippen LogP contribution in [0.3, 0.4) is 0 Å². The molecule has 22 heavy (non-hydrogen) atoms. The minimum Gasteiger partial charge on any atom is -0.354 e. The van der Waals surface area contributed by atoms with Gasteiger partial charge in [0.2, 0.25) is 11.8 Å². The summed E-state index contributed by atoms with van der Waals surface area (Å²) in [5, 5.41) is 5.10. The number of hydrogen-bond donors (Lipinski definition) is 5. The van der Waals surface area contributed by atoms with Crippen molar-refractivity contribution in [1.82, 2.24) is 10.6 Å². The van der Waals surface area contributed by atoms with Gasteiger partial charge in [-0.3, -0.25) is 9.59 Å². The molecule has 0 bridgehead atoms. The quantitative estimate of drug-likeness (QED) is 0.257. The summed E-state index contributed by atoms with van der Waals surface area (Å²) >= 11 is 12.4. The van der Waals surface area contributed by atoms with Crippen LogP contribution in [-0.2, 0) is 9.59 Å². The van der Waals surface area contributed by atoms with Crippen molar-refractivity contribution in [3.05, 3.63) is 0 Å². The van der Waals surface area contributed by atoms with Gasteiger partial charge in [0.1, 0.15) is 6.04 Å². The molecule has 0 fully saturated rings. The molecule has 2 N–H and O–H groups in total. The minimum atomic E-state index is -0.606. The summed E-state index contributed by atoms with van der Waals surface area (Å²) in [6, 6.07) is -0.606. The van der Waals surface area contributed by atoms with E-state index in [1.165, 1.54) is 25.7 Å². The highest BCUT2D eigenvalue weighted by Crippen LogP contribution is 2.05. The number of carbonyl (C=O) groups excluding carboxylic acids is 2. The molecule has 7 heteroatoms. The lowest BCUT2D eigenvalue weighted by Gasteiger charge is -2.18. The van der Waals surface area contributed by atoms with E-state index in [1.54, 1.807) is 0 Å². The molecule has 0 saturated heterocycles. The van der Waals surface area contributed by atoms with Crippen LogP contribution in [0.4, 0.5) is 0 Å². The third kappa shape index (κ3) is 10.7. The Morgan fingerprint density at radius 1 is 1.00 bits per heavy atom. The summed E-state index contributed by atoms with van der Waals surface area (Å²) in [5.41, 5.74) is 0. The lowest BCUT2D eigenvalue weighted by molar-refractivity contribution is -0.128. The molecular formula is C15H30N2O2S3. The maximum Gasteiger partial charge on any atom is 0.243 e. The fourth-order valence-corrected chi connectivity index (χ4v) is 2.88. The van der Waals surface area contributed by atoms with Crippen LogP contribution in [0.15, 0.2) is 0 Å². The summed E-state index contributed by atoms with van der Waals surface area (Å²) < 4.78 is 0. The zero-order valence-corrected chi connectivity index (χ0v) is 16.1. The Morgan fingerprint density at radius 3 is 2.23 bits per heavy atom. The number of nitrogens with one attached hydrogen (secondary N) is 2. The second-order valence-corrected chi connectivity index (χ2v) is 6.77. The lowest BCUT2D eigenvalue weighted by Crippen LogP contribution is -2.50. The van der Waals surface area contributed by atoms with E-state index in [4.69, 9.17) is 0 Å².